The Morgan fingerprint density at radius 1 is 1.29 bits per heavy atom. The van der Waals surface area contributed by atoms with E-state index in [2.05, 4.69) is 10.6 Å². The summed E-state index contributed by atoms with van der Waals surface area (Å²) in [5.41, 5.74) is 1.65. The van der Waals surface area contributed by atoms with Crippen molar-refractivity contribution in [3.63, 3.8) is 0 Å². The van der Waals surface area contributed by atoms with Crippen LogP contribution in [0.2, 0.25) is 5.02 Å². The van der Waals surface area contributed by atoms with E-state index in [-0.39, 0.29) is 12.1 Å². The number of halogens is 1. The van der Waals surface area contributed by atoms with E-state index in [0.29, 0.717) is 16.5 Å². The van der Waals surface area contributed by atoms with E-state index in [9.17, 15) is 4.79 Å². The van der Waals surface area contributed by atoms with Crippen molar-refractivity contribution >= 4 is 23.3 Å². The summed E-state index contributed by atoms with van der Waals surface area (Å²) in [6.07, 6.45) is 1.58. The maximum absolute atomic E-state index is 11.5. The van der Waals surface area contributed by atoms with Gasteiger partial charge in [-0.1, -0.05) is 17.7 Å². The Hall–Kier alpha value is -1.94. The molecule has 1 aromatic carbocycles. The van der Waals surface area contributed by atoms with Gasteiger partial charge in [0, 0.05) is 16.3 Å². The summed E-state index contributed by atoms with van der Waals surface area (Å²) in [5, 5.41) is 6.11. The van der Waals surface area contributed by atoms with Gasteiger partial charge in [0.05, 0.1) is 6.26 Å². The summed E-state index contributed by atoms with van der Waals surface area (Å²) in [6, 6.07) is 8.47. The first-order valence-electron chi connectivity index (χ1n) is 5.14. The third-order valence-corrected chi connectivity index (χ3v) is 2.91. The van der Waals surface area contributed by atoms with Crippen molar-refractivity contribution in [2.24, 2.45) is 0 Å². The van der Waals surface area contributed by atoms with Crippen LogP contribution in [0, 0.1) is 0 Å². The normalized spacial score (nSPS) is 18.2. The molecule has 1 aromatic heterocycles. The zero-order chi connectivity index (χ0) is 11.8. The summed E-state index contributed by atoms with van der Waals surface area (Å²) in [6.45, 7) is 0. The second-order valence-corrected chi connectivity index (χ2v) is 4.21. The van der Waals surface area contributed by atoms with Crippen LogP contribution in [-0.2, 0) is 0 Å². The maximum Gasteiger partial charge on any atom is 0.320 e. The van der Waals surface area contributed by atoms with Gasteiger partial charge in [-0.2, -0.15) is 0 Å². The highest BCUT2D eigenvalue weighted by molar-refractivity contribution is 6.31. The molecule has 0 fully saturated rings. The van der Waals surface area contributed by atoms with Gasteiger partial charge >= 0.3 is 6.03 Å². The molecular formula is C12H9ClN2O2. The molecule has 0 radical (unpaired) electrons. The summed E-state index contributed by atoms with van der Waals surface area (Å²) in [7, 11) is 0. The zero-order valence-electron chi connectivity index (χ0n) is 8.74. The number of carbonyl (C=O) groups excluding carboxylic acids is 1. The van der Waals surface area contributed by atoms with Gasteiger partial charge in [-0.05, 0) is 24.3 Å². The lowest BCUT2D eigenvalue weighted by molar-refractivity contribution is 0.247. The van der Waals surface area contributed by atoms with Crippen molar-refractivity contribution in [3.8, 4) is 0 Å². The fraction of sp³-hybridized carbons (Fsp3) is 0.0833. The van der Waals surface area contributed by atoms with Crippen LogP contribution in [-0.4, -0.2) is 6.03 Å². The molecule has 3 rings (SSSR count). The number of furan rings is 1. The van der Waals surface area contributed by atoms with Crippen LogP contribution in [0.4, 0.5) is 10.5 Å². The van der Waals surface area contributed by atoms with Crippen LogP contribution in [0.5, 0.6) is 0 Å². The fourth-order valence-corrected chi connectivity index (χ4v) is 2.11. The predicted molar refractivity (Wildman–Crippen MR) is 64.2 cm³/mol. The van der Waals surface area contributed by atoms with Gasteiger partial charge in [0.15, 0.2) is 0 Å². The summed E-state index contributed by atoms with van der Waals surface area (Å²) in [4.78, 5) is 11.5. The molecule has 86 valence electrons. The first kappa shape index (κ1) is 10.2. The molecule has 2 amide bonds. The molecule has 0 aliphatic carbocycles. The number of nitrogens with one attached hydrogen (secondary N) is 2. The molecule has 2 N–H and O–H groups in total. The highest BCUT2D eigenvalue weighted by atomic mass is 35.5. The Morgan fingerprint density at radius 2 is 2.18 bits per heavy atom. The van der Waals surface area contributed by atoms with Crippen LogP contribution in [0.15, 0.2) is 41.0 Å². The molecule has 5 heteroatoms. The highest BCUT2D eigenvalue weighted by Crippen LogP contribution is 2.33. The molecule has 0 saturated carbocycles. The Balaban J connectivity index is 2.11. The summed E-state index contributed by atoms with van der Waals surface area (Å²) >= 11 is 5.90. The fourth-order valence-electron chi connectivity index (χ4n) is 1.94. The van der Waals surface area contributed by atoms with Crippen LogP contribution in [0.25, 0.3) is 0 Å². The highest BCUT2D eigenvalue weighted by Gasteiger charge is 2.27. The van der Waals surface area contributed by atoms with Crippen molar-refractivity contribution in [1.29, 1.82) is 0 Å². The van der Waals surface area contributed by atoms with Gasteiger partial charge in [0.1, 0.15) is 11.8 Å². The van der Waals surface area contributed by atoms with Crippen LogP contribution >= 0.6 is 11.6 Å². The summed E-state index contributed by atoms with van der Waals surface area (Å²) < 4.78 is 5.33. The number of anilines is 1. The number of fused-ring (bicyclic) bond motifs is 1. The Labute approximate surface area is 103 Å². The number of carbonyl (C=O) groups is 1. The van der Waals surface area contributed by atoms with Gasteiger partial charge in [0.25, 0.3) is 0 Å². The van der Waals surface area contributed by atoms with E-state index in [1.165, 1.54) is 0 Å². The molecule has 1 aliphatic heterocycles. The number of benzene rings is 1. The third-order valence-electron chi connectivity index (χ3n) is 2.68. The molecule has 4 nitrogen and oxygen atoms in total. The maximum atomic E-state index is 11.5. The van der Waals surface area contributed by atoms with E-state index < -0.39 is 0 Å². The minimum absolute atomic E-state index is 0.263. The van der Waals surface area contributed by atoms with Crippen molar-refractivity contribution < 1.29 is 9.21 Å². The summed E-state index contributed by atoms with van der Waals surface area (Å²) in [5.74, 6) is 0.698. The van der Waals surface area contributed by atoms with E-state index in [4.69, 9.17) is 16.0 Å². The molecular weight excluding hydrogens is 240 g/mol. The predicted octanol–water partition coefficient (Wildman–Crippen LogP) is 3.16. The number of urea groups is 1. The van der Waals surface area contributed by atoms with E-state index in [1.807, 2.05) is 12.1 Å². The van der Waals surface area contributed by atoms with E-state index in [0.717, 1.165) is 5.56 Å². The molecule has 0 bridgehead atoms. The molecule has 1 atom stereocenters. The number of amides is 2. The van der Waals surface area contributed by atoms with Gasteiger partial charge in [0.2, 0.25) is 0 Å². The monoisotopic (exact) mass is 248 g/mol. The largest absolute Gasteiger partial charge is 0.467 e. The van der Waals surface area contributed by atoms with Crippen molar-refractivity contribution in [2.75, 3.05) is 5.32 Å². The molecule has 17 heavy (non-hydrogen) atoms. The molecule has 1 unspecified atom stereocenters. The number of rotatable bonds is 1. The van der Waals surface area contributed by atoms with Gasteiger partial charge in [-0.3, -0.25) is 0 Å². The number of hydrogen-bond acceptors (Lipinski definition) is 2. The lowest BCUT2D eigenvalue weighted by atomic mass is 10.0. The average Bonchev–Trinajstić information content (AvgIpc) is 2.80. The molecule has 0 spiro atoms. The van der Waals surface area contributed by atoms with Crippen LogP contribution in [0.3, 0.4) is 0 Å². The Kier molecular flexibility index (Phi) is 2.30. The topological polar surface area (TPSA) is 54.3 Å². The molecule has 1 aliphatic rings. The minimum Gasteiger partial charge on any atom is -0.467 e. The second-order valence-electron chi connectivity index (χ2n) is 3.78. The molecule has 2 heterocycles. The third kappa shape index (κ3) is 1.76. The van der Waals surface area contributed by atoms with Crippen LogP contribution in [0.1, 0.15) is 17.4 Å². The Bertz CT molecular complexity index is 566. The van der Waals surface area contributed by atoms with E-state index >= 15 is 0 Å². The minimum atomic E-state index is -0.272. The smallest absolute Gasteiger partial charge is 0.320 e. The molecule has 2 aromatic rings. The van der Waals surface area contributed by atoms with Crippen LogP contribution < -0.4 is 10.6 Å². The van der Waals surface area contributed by atoms with Gasteiger partial charge in [-0.25, -0.2) is 4.79 Å². The van der Waals surface area contributed by atoms with E-state index in [1.54, 1.807) is 24.5 Å². The van der Waals surface area contributed by atoms with Crippen molar-refractivity contribution in [1.82, 2.24) is 5.32 Å². The zero-order valence-corrected chi connectivity index (χ0v) is 9.49. The first-order chi connectivity index (χ1) is 8.24. The quantitative estimate of drug-likeness (QED) is 0.815. The van der Waals surface area contributed by atoms with Gasteiger partial charge < -0.3 is 15.1 Å². The SMILES string of the molecule is O=C1Nc2cc(Cl)ccc2C(c2ccco2)N1. The van der Waals surface area contributed by atoms with Crippen molar-refractivity contribution in [3.05, 3.63) is 52.9 Å². The standard InChI is InChI=1S/C12H9ClN2O2/c13-7-3-4-8-9(6-7)14-12(16)15-11(8)10-2-1-5-17-10/h1-6,11H,(H2,14,15,16). The van der Waals surface area contributed by atoms with Gasteiger partial charge in [-0.15, -0.1) is 0 Å². The lowest BCUT2D eigenvalue weighted by Crippen LogP contribution is -2.38. The second kappa shape index (κ2) is 3.82. The average molecular weight is 249 g/mol. The Morgan fingerprint density at radius 3 is 2.94 bits per heavy atom. The van der Waals surface area contributed by atoms with Crippen molar-refractivity contribution in [2.45, 2.75) is 6.04 Å². The lowest BCUT2D eigenvalue weighted by Gasteiger charge is -2.25. The number of hydrogen-bond donors (Lipinski definition) is 2. The molecule has 0 saturated heterocycles. The first-order valence-corrected chi connectivity index (χ1v) is 5.52.